The molecular weight excluding hydrogens is 983 g/mol. The highest BCUT2D eigenvalue weighted by molar-refractivity contribution is 5.93. The number of allylic oxidation sites excluding steroid dienone is 5. The lowest BCUT2D eigenvalue weighted by Gasteiger charge is -2.51. The van der Waals surface area contributed by atoms with Gasteiger partial charge in [-0.3, -0.25) is 29.0 Å². The van der Waals surface area contributed by atoms with Gasteiger partial charge in [-0.1, -0.05) is 109 Å². The molecule has 0 saturated carbocycles. The van der Waals surface area contributed by atoms with Crippen LogP contribution in [-0.2, 0) is 44.7 Å². The lowest BCUT2D eigenvalue weighted by molar-refractivity contribution is -0.179. The number of ketones is 1. The molecule has 0 radical (unpaired) electrons. The largest absolute Gasteiger partial charge is 0.508 e. The third-order valence-electron chi connectivity index (χ3n) is 16.2. The van der Waals surface area contributed by atoms with Crippen molar-refractivity contribution in [3.63, 3.8) is 0 Å². The van der Waals surface area contributed by atoms with Crippen LogP contribution in [0.2, 0.25) is 0 Å². The van der Waals surface area contributed by atoms with E-state index in [0.717, 1.165) is 24.0 Å². The molecule has 4 aliphatic heterocycles. The molecule has 1 spiro atoms. The number of nitrogens with zero attached hydrogens (tertiary/aromatic N) is 1. The van der Waals surface area contributed by atoms with Crippen LogP contribution in [0.25, 0.3) is 0 Å². The molecule has 2 bridgehead atoms. The SMILES string of the molecule is CC[C@H]1C[C@H](C)[C@@]2(NC1=O)O[C@@H](C[C@H](O)[C@@H](C)CC/C=C/C=C(\C)[C@@H]1C/C=C/C=C/[C@H](O)[C@H](C)[C@@H](O)[C@@H](CCC(C)=O)C(=O)N[C@@H](C(C)C)C(=O)NC(Cc3cccc(O)c3)C(=O)N3CCCC(N3)C(=O)O1)[C@H](C)C=C2C. The lowest BCUT2D eigenvalue weighted by Crippen LogP contribution is -2.64. The summed E-state index contributed by atoms with van der Waals surface area (Å²) in [6.45, 7) is 18.7. The number of piperidine rings is 1. The van der Waals surface area contributed by atoms with E-state index < -0.39 is 89.7 Å². The first-order chi connectivity index (χ1) is 36.5. The van der Waals surface area contributed by atoms with Crippen LogP contribution in [0.5, 0.6) is 5.75 Å². The summed E-state index contributed by atoms with van der Waals surface area (Å²) in [5.74, 6) is -5.31. The average molecular weight is 1070 g/mol. The van der Waals surface area contributed by atoms with Crippen LogP contribution in [0.4, 0.5) is 0 Å². The second-order valence-corrected chi connectivity index (χ2v) is 22.7. The number of aliphatic hydroxyl groups excluding tert-OH is 3. The Kier molecular flexibility index (Phi) is 23.5. The van der Waals surface area contributed by atoms with E-state index >= 15 is 0 Å². The topological polar surface area (TPSA) is 253 Å². The highest BCUT2D eigenvalue weighted by atomic mass is 16.5. The molecule has 4 amide bonds. The molecule has 15 atom stereocenters. The number of cyclic esters (lactones) is 1. The Bertz CT molecular complexity index is 2360. The van der Waals surface area contributed by atoms with Crippen LogP contribution >= 0.6 is 0 Å². The van der Waals surface area contributed by atoms with Crippen LogP contribution in [0, 0.1) is 41.4 Å². The number of aliphatic hydroxyl groups is 3. The summed E-state index contributed by atoms with van der Waals surface area (Å²) < 4.78 is 13.0. The van der Waals surface area contributed by atoms with Crippen molar-refractivity contribution in [3.8, 4) is 5.75 Å². The predicted molar refractivity (Wildman–Crippen MR) is 294 cm³/mol. The molecule has 2 saturated heterocycles. The summed E-state index contributed by atoms with van der Waals surface area (Å²) in [6.07, 6.45) is 14.4. The maximum atomic E-state index is 14.5. The van der Waals surface area contributed by atoms with Gasteiger partial charge in [-0.2, -0.15) is 0 Å². The fourth-order valence-electron chi connectivity index (χ4n) is 10.9. The number of hydrazine groups is 1. The Labute approximate surface area is 456 Å². The lowest BCUT2D eigenvalue weighted by atomic mass is 9.75. The minimum Gasteiger partial charge on any atom is -0.508 e. The highest BCUT2D eigenvalue weighted by Crippen LogP contribution is 2.43. The molecule has 2 unspecified atom stereocenters. The van der Waals surface area contributed by atoms with E-state index in [0.29, 0.717) is 37.7 Å². The van der Waals surface area contributed by atoms with Gasteiger partial charge in [0, 0.05) is 55.9 Å². The van der Waals surface area contributed by atoms with Crippen molar-refractivity contribution >= 4 is 35.4 Å². The summed E-state index contributed by atoms with van der Waals surface area (Å²) >= 11 is 0. The van der Waals surface area contributed by atoms with Crippen molar-refractivity contribution in [1.82, 2.24) is 26.4 Å². The van der Waals surface area contributed by atoms with Crippen molar-refractivity contribution < 1.29 is 58.7 Å². The zero-order valence-electron chi connectivity index (χ0n) is 47.1. The number of nitrogens with one attached hydrogen (secondary N) is 4. The van der Waals surface area contributed by atoms with Crippen molar-refractivity contribution in [2.24, 2.45) is 41.4 Å². The number of fused-ring (bicyclic) bond motifs is 2. The number of carbonyl (C=O) groups excluding carboxylic acids is 6. The zero-order valence-corrected chi connectivity index (χ0v) is 47.1. The number of phenolic OH excluding ortho intramolecular Hbond substituents is 1. The van der Waals surface area contributed by atoms with Crippen LogP contribution < -0.4 is 21.4 Å². The van der Waals surface area contributed by atoms with Crippen molar-refractivity contribution in [2.45, 2.75) is 194 Å². The number of benzene rings is 1. The first-order valence-corrected chi connectivity index (χ1v) is 28.0. The number of phenols is 1. The number of esters is 1. The number of ether oxygens (including phenoxy) is 2. The van der Waals surface area contributed by atoms with E-state index in [2.05, 4.69) is 41.3 Å². The molecule has 0 aliphatic carbocycles. The number of aromatic hydroxyl groups is 1. The molecule has 0 aromatic heterocycles. The minimum atomic E-state index is -1.43. The Morgan fingerprint density at radius 3 is 2.43 bits per heavy atom. The first-order valence-electron chi connectivity index (χ1n) is 28.0. The highest BCUT2D eigenvalue weighted by Gasteiger charge is 2.51. The number of Topliss-reactive ketones (excluding diaryl/α,β-unsaturated/α-hetero) is 1. The molecule has 8 N–H and O–H groups in total. The molecular formula is C60H89N5O12. The van der Waals surface area contributed by atoms with Crippen LogP contribution in [-0.4, -0.2) is 122 Å². The van der Waals surface area contributed by atoms with Crippen molar-refractivity contribution in [2.75, 3.05) is 6.54 Å². The Morgan fingerprint density at radius 2 is 1.74 bits per heavy atom. The molecule has 5 rings (SSSR count). The standard InChI is InChI=1S/C60H89N5O12/c1-11-44-31-40(8)60(63-55(44)71)39(7)30-38(6)52(77-60)34-50(69)36(4)20-14-12-15-21-37(5)51-26-17-13-16-25-49(68)42(10)54(70)46(28-27-41(9)66)56(72)62-53(35(2)3)57(73)61-48(33-43-22-18-23-45(67)32-43)58(74)65-29-19-24-47(64-65)59(75)76-51/h12-13,15-18,21-23,25,30,32,35-36,38,40,42,44,46-54,64,67-70H,11,14,19-20,24,26-29,31,33-34H2,1-10H3,(H,61,73)(H,62,72)(H,63,71)/b15-12+,17-13+,25-16+,37-21+/t36-,38+,40-,42-,44-,46+,47?,48?,49-,50-,51-,52-,53-,54+,60-/m0/s1. The molecule has 426 valence electrons. The normalized spacial score (nSPS) is 33.2. The van der Waals surface area contributed by atoms with Gasteiger partial charge in [-0.05, 0) is 106 Å². The van der Waals surface area contributed by atoms with Crippen molar-refractivity contribution in [3.05, 3.63) is 89.6 Å². The van der Waals surface area contributed by atoms with Gasteiger partial charge in [0.1, 0.15) is 35.8 Å². The summed E-state index contributed by atoms with van der Waals surface area (Å²) in [5, 5.41) is 54.7. The fraction of sp³-hybridized carbons (Fsp3) is 0.633. The molecule has 4 aliphatic rings. The average Bonchev–Trinajstić information content (AvgIpc) is 3.38. The summed E-state index contributed by atoms with van der Waals surface area (Å²) in [6, 6.07) is 2.95. The molecule has 1 aromatic rings. The molecule has 4 heterocycles. The zero-order chi connectivity index (χ0) is 56.7. The third-order valence-corrected chi connectivity index (χ3v) is 16.2. The molecule has 17 heteroatoms. The van der Waals surface area contributed by atoms with E-state index in [1.54, 1.807) is 51.1 Å². The van der Waals surface area contributed by atoms with Crippen LogP contribution in [0.3, 0.4) is 0 Å². The van der Waals surface area contributed by atoms with Gasteiger partial charge in [0.15, 0.2) is 5.72 Å². The van der Waals surface area contributed by atoms with Gasteiger partial charge >= 0.3 is 5.97 Å². The third kappa shape index (κ3) is 17.0. The number of hydrogen-bond acceptors (Lipinski definition) is 13. The number of carbonyl (C=O) groups is 6. The fourth-order valence-corrected chi connectivity index (χ4v) is 10.9. The van der Waals surface area contributed by atoms with Gasteiger partial charge in [0.25, 0.3) is 5.91 Å². The maximum absolute atomic E-state index is 14.5. The van der Waals surface area contributed by atoms with E-state index in [9.17, 15) is 49.2 Å². The van der Waals surface area contributed by atoms with Crippen LogP contribution in [0.1, 0.15) is 139 Å². The van der Waals surface area contributed by atoms with Gasteiger partial charge < -0.3 is 50.6 Å². The summed E-state index contributed by atoms with van der Waals surface area (Å²) in [5.41, 5.74) is 4.44. The predicted octanol–water partition coefficient (Wildman–Crippen LogP) is 6.36. The van der Waals surface area contributed by atoms with E-state index in [1.165, 1.54) is 30.1 Å². The van der Waals surface area contributed by atoms with Crippen molar-refractivity contribution in [1.29, 1.82) is 0 Å². The smallest absolute Gasteiger partial charge is 0.325 e. The monoisotopic (exact) mass is 1070 g/mol. The number of amides is 4. The Hall–Kier alpha value is -5.46. The van der Waals surface area contributed by atoms with E-state index in [-0.39, 0.29) is 79.4 Å². The van der Waals surface area contributed by atoms with E-state index in [1.807, 2.05) is 45.9 Å². The van der Waals surface area contributed by atoms with Gasteiger partial charge in [0.05, 0.1) is 30.3 Å². The molecule has 1 aromatic carbocycles. The van der Waals surface area contributed by atoms with E-state index in [4.69, 9.17) is 9.47 Å². The Morgan fingerprint density at radius 1 is 1.00 bits per heavy atom. The van der Waals surface area contributed by atoms with Gasteiger partial charge in [0.2, 0.25) is 17.7 Å². The molecule has 2 fully saturated rings. The Balaban J connectivity index is 1.35. The number of hydrogen-bond donors (Lipinski definition) is 8. The minimum absolute atomic E-state index is 0.00834. The second-order valence-electron chi connectivity index (χ2n) is 22.7. The quantitative estimate of drug-likeness (QED) is 0.0542. The van der Waals surface area contributed by atoms with Crippen LogP contribution in [0.15, 0.2) is 84.0 Å². The summed E-state index contributed by atoms with van der Waals surface area (Å²) in [7, 11) is 0. The molecule has 17 nitrogen and oxygen atoms in total. The summed E-state index contributed by atoms with van der Waals surface area (Å²) in [4.78, 5) is 82.1. The van der Waals surface area contributed by atoms with Gasteiger partial charge in [-0.25, -0.2) is 5.43 Å². The second kappa shape index (κ2) is 29.0. The van der Waals surface area contributed by atoms with Gasteiger partial charge in [-0.15, -0.1) is 0 Å². The molecule has 77 heavy (non-hydrogen) atoms. The first kappa shape index (κ1) is 62.4. The maximum Gasteiger partial charge on any atom is 0.325 e. The number of rotatable bonds is 15.